The van der Waals surface area contributed by atoms with E-state index in [2.05, 4.69) is 4.74 Å². The lowest BCUT2D eigenvalue weighted by Gasteiger charge is -2.16. The average Bonchev–Trinajstić information content (AvgIpc) is 2.37. The SMILES string of the molecule is CCOC(=O)C(=O)c1ccc2c(c1)COCC2. The lowest BCUT2D eigenvalue weighted by Crippen LogP contribution is -2.18. The first-order valence-electron chi connectivity index (χ1n) is 5.63. The molecule has 0 bridgehead atoms. The number of hydrogen-bond acceptors (Lipinski definition) is 4. The Kier molecular flexibility index (Phi) is 3.54. The molecule has 0 atom stereocenters. The van der Waals surface area contributed by atoms with E-state index in [1.807, 2.05) is 6.07 Å². The first-order valence-corrected chi connectivity index (χ1v) is 5.63. The summed E-state index contributed by atoms with van der Waals surface area (Å²) >= 11 is 0. The third-order valence-electron chi connectivity index (χ3n) is 2.70. The molecule has 90 valence electrons. The van der Waals surface area contributed by atoms with Crippen molar-refractivity contribution >= 4 is 11.8 Å². The standard InChI is InChI=1S/C13H14O4/c1-2-17-13(15)12(14)10-4-3-9-5-6-16-8-11(9)7-10/h3-4,7H,2,5-6,8H2,1H3. The highest BCUT2D eigenvalue weighted by Gasteiger charge is 2.19. The van der Waals surface area contributed by atoms with E-state index >= 15 is 0 Å². The van der Waals surface area contributed by atoms with E-state index in [-0.39, 0.29) is 6.61 Å². The largest absolute Gasteiger partial charge is 0.460 e. The summed E-state index contributed by atoms with van der Waals surface area (Å²) in [4.78, 5) is 23.0. The van der Waals surface area contributed by atoms with E-state index in [9.17, 15) is 9.59 Å². The van der Waals surface area contributed by atoms with Crippen LogP contribution < -0.4 is 0 Å². The number of Topliss-reactive ketones (excluding diaryl/α,β-unsaturated/α-hetero) is 1. The summed E-state index contributed by atoms with van der Waals surface area (Å²) in [5, 5.41) is 0. The summed E-state index contributed by atoms with van der Waals surface area (Å²) in [6, 6.07) is 5.27. The summed E-state index contributed by atoms with van der Waals surface area (Å²) in [7, 11) is 0. The van der Waals surface area contributed by atoms with Crippen LogP contribution in [0, 0.1) is 0 Å². The van der Waals surface area contributed by atoms with Crippen molar-refractivity contribution in [3.63, 3.8) is 0 Å². The van der Waals surface area contributed by atoms with E-state index in [4.69, 9.17) is 4.74 Å². The van der Waals surface area contributed by atoms with Crippen LogP contribution in [0.15, 0.2) is 18.2 Å². The van der Waals surface area contributed by atoms with Crippen molar-refractivity contribution in [3.8, 4) is 0 Å². The van der Waals surface area contributed by atoms with Gasteiger partial charge in [-0.05, 0) is 30.5 Å². The van der Waals surface area contributed by atoms with Gasteiger partial charge in [0.25, 0.3) is 5.78 Å². The zero-order chi connectivity index (χ0) is 12.3. The van der Waals surface area contributed by atoms with Crippen molar-refractivity contribution in [3.05, 3.63) is 34.9 Å². The molecule has 0 aromatic heterocycles. The van der Waals surface area contributed by atoms with Crippen molar-refractivity contribution in [1.29, 1.82) is 0 Å². The molecule has 1 aliphatic heterocycles. The molecule has 0 radical (unpaired) electrons. The van der Waals surface area contributed by atoms with E-state index in [1.165, 1.54) is 5.56 Å². The third kappa shape index (κ3) is 2.53. The predicted octanol–water partition coefficient (Wildman–Crippen LogP) is 1.51. The molecule has 0 amide bonds. The fourth-order valence-corrected chi connectivity index (χ4v) is 1.82. The number of carbonyl (C=O) groups excluding carboxylic acids is 2. The molecular weight excluding hydrogens is 220 g/mol. The Morgan fingerprint density at radius 1 is 1.35 bits per heavy atom. The highest BCUT2D eigenvalue weighted by atomic mass is 16.5. The summed E-state index contributed by atoms with van der Waals surface area (Å²) in [6.07, 6.45) is 0.850. The van der Waals surface area contributed by atoms with Crippen molar-refractivity contribution in [2.45, 2.75) is 20.0 Å². The molecule has 4 nitrogen and oxygen atoms in total. The fraction of sp³-hybridized carbons (Fsp3) is 0.385. The Hall–Kier alpha value is -1.68. The summed E-state index contributed by atoms with van der Waals surface area (Å²) in [5.74, 6) is -1.40. The predicted molar refractivity (Wildman–Crippen MR) is 60.8 cm³/mol. The number of esters is 1. The first-order chi connectivity index (χ1) is 8.22. The molecule has 0 aliphatic carbocycles. The van der Waals surface area contributed by atoms with Crippen LogP contribution in [0.5, 0.6) is 0 Å². The van der Waals surface area contributed by atoms with Crippen molar-refractivity contribution in [2.24, 2.45) is 0 Å². The van der Waals surface area contributed by atoms with Crippen LogP contribution in [-0.2, 0) is 27.3 Å². The lowest BCUT2D eigenvalue weighted by atomic mass is 9.99. The molecule has 0 spiro atoms. The van der Waals surface area contributed by atoms with Crippen molar-refractivity contribution in [1.82, 2.24) is 0 Å². The smallest absolute Gasteiger partial charge is 0.379 e. The van der Waals surface area contributed by atoms with Crippen molar-refractivity contribution in [2.75, 3.05) is 13.2 Å². The van der Waals surface area contributed by atoms with Crippen LogP contribution in [0.2, 0.25) is 0 Å². The van der Waals surface area contributed by atoms with E-state index in [1.54, 1.807) is 19.1 Å². The van der Waals surface area contributed by atoms with Crippen LogP contribution in [0.4, 0.5) is 0 Å². The molecule has 1 aliphatic rings. The molecule has 1 aromatic carbocycles. The Morgan fingerprint density at radius 3 is 2.94 bits per heavy atom. The molecule has 1 aromatic rings. The quantitative estimate of drug-likeness (QED) is 0.452. The fourth-order valence-electron chi connectivity index (χ4n) is 1.82. The molecule has 0 saturated heterocycles. The molecule has 0 unspecified atom stereocenters. The second kappa shape index (κ2) is 5.10. The number of fused-ring (bicyclic) bond motifs is 1. The zero-order valence-corrected chi connectivity index (χ0v) is 9.69. The van der Waals surface area contributed by atoms with E-state index in [0.29, 0.717) is 18.8 Å². The second-order valence-electron chi connectivity index (χ2n) is 3.84. The minimum absolute atomic E-state index is 0.207. The van der Waals surface area contributed by atoms with Crippen LogP contribution in [0.1, 0.15) is 28.4 Å². The Balaban J connectivity index is 2.22. The Bertz CT molecular complexity index is 451. The van der Waals surface area contributed by atoms with Gasteiger partial charge in [0.2, 0.25) is 0 Å². The van der Waals surface area contributed by atoms with Crippen LogP contribution in [0.3, 0.4) is 0 Å². The van der Waals surface area contributed by atoms with Gasteiger partial charge in [-0.2, -0.15) is 0 Å². The lowest BCUT2D eigenvalue weighted by molar-refractivity contribution is -0.137. The van der Waals surface area contributed by atoms with Crippen LogP contribution in [-0.4, -0.2) is 25.0 Å². The van der Waals surface area contributed by atoms with Crippen LogP contribution >= 0.6 is 0 Å². The molecule has 17 heavy (non-hydrogen) atoms. The van der Waals surface area contributed by atoms with Gasteiger partial charge in [-0.3, -0.25) is 4.79 Å². The van der Waals surface area contributed by atoms with Gasteiger partial charge in [-0.1, -0.05) is 12.1 Å². The van der Waals surface area contributed by atoms with Gasteiger partial charge in [0, 0.05) is 5.56 Å². The number of ether oxygens (including phenoxy) is 2. The zero-order valence-electron chi connectivity index (χ0n) is 9.69. The Labute approximate surface area is 99.5 Å². The van der Waals surface area contributed by atoms with E-state index < -0.39 is 11.8 Å². The minimum atomic E-state index is -0.802. The molecule has 4 heteroatoms. The number of rotatable bonds is 3. The topological polar surface area (TPSA) is 52.6 Å². The molecule has 1 heterocycles. The van der Waals surface area contributed by atoms with E-state index in [0.717, 1.165) is 12.0 Å². The highest BCUT2D eigenvalue weighted by molar-refractivity contribution is 6.40. The van der Waals surface area contributed by atoms with Gasteiger partial charge in [-0.15, -0.1) is 0 Å². The number of benzene rings is 1. The molecule has 0 saturated carbocycles. The number of hydrogen-bond donors (Lipinski definition) is 0. The van der Waals surface area contributed by atoms with Crippen LogP contribution in [0.25, 0.3) is 0 Å². The minimum Gasteiger partial charge on any atom is -0.460 e. The number of carbonyl (C=O) groups is 2. The van der Waals surface area contributed by atoms with Gasteiger partial charge in [0.15, 0.2) is 0 Å². The maximum absolute atomic E-state index is 11.7. The summed E-state index contributed by atoms with van der Waals surface area (Å²) < 4.78 is 9.99. The monoisotopic (exact) mass is 234 g/mol. The maximum Gasteiger partial charge on any atom is 0.379 e. The summed E-state index contributed by atoms with van der Waals surface area (Å²) in [5.41, 5.74) is 2.52. The first kappa shape index (κ1) is 11.8. The van der Waals surface area contributed by atoms with Gasteiger partial charge in [-0.25, -0.2) is 4.79 Å². The van der Waals surface area contributed by atoms with Gasteiger partial charge in [0.1, 0.15) is 0 Å². The summed E-state index contributed by atoms with van der Waals surface area (Å²) in [6.45, 7) is 3.09. The average molecular weight is 234 g/mol. The van der Waals surface area contributed by atoms with Gasteiger partial charge >= 0.3 is 5.97 Å². The normalized spacial score (nSPS) is 13.9. The second-order valence-corrected chi connectivity index (χ2v) is 3.84. The van der Waals surface area contributed by atoms with Crippen molar-refractivity contribution < 1.29 is 19.1 Å². The molecule has 2 rings (SSSR count). The Morgan fingerprint density at radius 2 is 2.18 bits per heavy atom. The maximum atomic E-state index is 11.7. The molecular formula is C13H14O4. The molecule has 0 fully saturated rings. The van der Waals surface area contributed by atoms with Gasteiger partial charge in [0.05, 0.1) is 19.8 Å². The van der Waals surface area contributed by atoms with Gasteiger partial charge < -0.3 is 9.47 Å². The molecule has 0 N–H and O–H groups in total. The highest BCUT2D eigenvalue weighted by Crippen LogP contribution is 2.18. The number of ketones is 1. The third-order valence-corrected chi connectivity index (χ3v) is 2.70.